The lowest BCUT2D eigenvalue weighted by Crippen LogP contribution is -2.31. The van der Waals surface area contributed by atoms with Crippen LogP contribution in [0.5, 0.6) is 5.75 Å². The third-order valence-corrected chi connectivity index (χ3v) is 2.93. The number of ether oxygens (including phenoxy) is 1. The second-order valence-corrected chi connectivity index (χ2v) is 5.35. The molecule has 0 radical (unpaired) electrons. The molecule has 2 N–H and O–H groups in total. The summed E-state index contributed by atoms with van der Waals surface area (Å²) in [7, 11) is 1.69. The Hall–Kier alpha value is -1.03. The average Bonchev–Trinajstić information content (AvgIpc) is 2.60. The third-order valence-electron chi connectivity index (χ3n) is 2.93. The molecule has 0 aliphatic heterocycles. The molecule has 0 saturated heterocycles. The minimum atomic E-state index is -0.0226. The van der Waals surface area contributed by atoms with Crippen molar-refractivity contribution >= 4 is 0 Å². The van der Waals surface area contributed by atoms with Gasteiger partial charge in [0.15, 0.2) is 5.75 Å². The Labute approximate surface area is 104 Å². The maximum atomic E-state index is 5.93. The predicted octanol–water partition coefficient (Wildman–Crippen LogP) is 2.32. The monoisotopic (exact) mass is 239 g/mol. The Morgan fingerprint density at radius 2 is 2.18 bits per heavy atom. The number of nitrogens with two attached hydrogens (primary N) is 1. The summed E-state index contributed by atoms with van der Waals surface area (Å²) >= 11 is 0. The molecule has 1 rings (SSSR count). The molecule has 0 spiro atoms. The minimum Gasteiger partial charge on any atom is -0.493 e. The molecule has 4 heteroatoms. The number of rotatable bonds is 6. The first kappa shape index (κ1) is 14.0. The molecule has 0 aliphatic rings. The maximum Gasteiger partial charge on any atom is 0.160 e. The van der Waals surface area contributed by atoms with Crippen LogP contribution in [0, 0.1) is 0 Å². The van der Waals surface area contributed by atoms with Crippen LogP contribution in [0.4, 0.5) is 0 Å². The molecule has 0 bridgehead atoms. The molecule has 0 saturated carbocycles. The summed E-state index contributed by atoms with van der Waals surface area (Å²) in [5.74, 6) is 0.865. The van der Waals surface area contributed by atoms with Gasteiger partial charge < -0.3 is 10.5 Å². The molecular weight excluding hydrogens is 214 g/mol. The summed E-state index contributed by atoms with van der Waals surface area (Å²) in [6, 6.07) is 0.166. The standard InChI is InChI=1S/C13H25N3O/c1-6-7-16-12(11(17-5)9-15-16)13(3,4)8-10(2)14/h9-10H,6-8,14H2,1-5H3. The number of methoxy groups -OCH3 is 1. The van der Waals surface area contributed by atoms with Crippen molar-refractivity contribution in [1.82, 2.24) is 9.78 Å². The average molecular weight is 239 g/mol. The smallest absolute Gasteiger partial charge is 0.160 e. The highest BCUT2D eigenvalue weighted by atomic mass is 16.5. The van der Waals surface area contributed by atoms with E-state index in [9.17, 15) is 0 Å². The van der Waals surface area contributed by atoms with E-state index in [-0.39, 0.29) is 11.5 Å². The van der Waals surface area contributed by atoms with E-state index >= 15 is 0 Å². The van der Waals surface area contributed by atoms with Gasteiger partial charge in [0.25, 0.3) is 0 Å². The molecule has 1 heterocycles. The minimum absolute atomic E-state index is 0.0226. The van der Waals surface area contributed by atoms with Crippen molar-refractivity contribution in [3.8, 4) is 5.75 Å². The van der Waals surface area contributed by atoms with Crippen LogP contribution in [0.25, 0.3) is 0 Å². The van der Waals surface area contributed by atoms with Crippen LogP contribution in [-0.4, -0.2) is 22.9 Å². The Morgan fingerprint density at radius 1 is 1.53 bits per heavy atom. The van der Waals surface area contributed by atoms with Crippen LogP contribution in [0.2, 0.25) is 0 Å². The lowest BCUT2D eigenvalue weighted by molar-refractivity contribution is 0.356. The molecular formula is C13H25N3O. The molecule has 0 aromatic carbocycles. The Kier molecular flexibility index (Phi) is 4.57. The lowest BCUT2D eigenvalue weighted by atomic mass is 9.82. The van der Waals surface area contributed by atoms with Crippen LogP contribution in [-0.2, 0) is 12.0 Å². The lowest BCUT2D eigenvalue weighted by Gasteiger charge is -2.28. The second kappa shape index (κ2) is 5.54. The van der Waals surface area contributed by atoms with Gasteiger partial charge in [-0.2, -0.15) is 5.10 Å². The molecule has 1 unspecified atom stereocenters. The van der Waals surface area contributed by atoms with Crippen LogP contribution < -0.4 is 10.5 Å². The summed E-state index contributed by atoms with van der Waals surface area (Å²) in [6.07, 6.45) is 3.78. The van der Waals surface area contributed by atoms with Crippen molar-refractivity contribution in [1.29, 1.82) is 0 Å². The van der Waals surface area contributed by atoms with Crippen LogP contribution in [0.3, 0.4) is 0 Å². The highest BCUT2D eigenvalue weighted by Crippen LogP contribution is 2.34. The molecule has 1 atom stereocenters. The highest BCUT2D eigenvalue weighted by Gasteiger charge is 2.30. The van der Waals surface area contributed by atoms with Gasteiger partial charge in [-0.15, -0.1) is 0 Å². The van der Waals surface area contributed by atoms with E-state index < -0.39 is 0 Å². The number of nitrogens with zero attached hydrogens (tertiary/aromatic N) is 2. The Morgan fingerprint density at radius 3 is 2.65 bits per heavy atom. The Bertz CT molecular complexity index is 356. The van der Waals surface area contributed by atoms with Crippen molar-refractivity contribution in [2.75, 3.05) is 7.11 Å². The zero-order valence-electron chi connectivity index (χ0n) is 11.7. The van der Waals surface area contributed by atoms with E-state index in [4.69, 9.17) is 10.5 Å². The van der Waals surface area contributed by atoms with Crippen molar-refractivity contribution in [2.24, 2.45) is 5.73 Å². The van der Waals surface area contributed by atoms with E-state index in [1.165, 1.54) is 0 Å². The fourth-order valence-corrected chi connectivity index (χ4v) is 2.48. The van der Waals surface area contributed by atoms with Crippen LogP contribution >= 0.6 is 0 Å². The zero-order chi connectivity index (χ0) is 13.1. The van der Waals surface area contributed by atoms with Gasteiger partial charge in [-0.05, 0) is 19.8 Å². The van der Waals surface area contributed by atoms with E-state index in [1.54, 1.807) is 13.3 Å². The fraction of sp³-hybridized carbons (Fsp3) is 0.769. The number of aryl methyl sites for hydroxylation is 1. The van der Waals surface area contributed by atoms with Gasteiger partial charge in [0.05, 0.1) is 19.0 Å². The van der Waals surface area contributed by atoms with Crippen molar-refractivity contribution in [3.63, 3.8) is 0 Å². The van der Waals surface area contributed by atoms with Crippen molar-refractivity contribution in [2.45, 2.75) is 58.5 Å². The largest absolute Gasteiger partial charge is 0.493 e. The summed E-state index contributed by atoms with van der Waals surface area (Å²) in [6.45, 7) is 9.50. The molecule has 1 aromatic heterocycles. The van der Waals surface area contributed by atoms with Crippen molar-refractivity contribution in [3.05, 3.63) is 11.9 Å². The van der Waals surface area contributed by atoms with Gasteiger partial charge in [-0.25, -0.2) is 0 Å². The van der Waals surface area contributed by atoms with Gasteiger partial charge in [-0.1, -0.05) is 20.8 Å². The van der Waals surface area contributed by atoms with Gasteiger partial charge >= 0.3 is 0 Å². The molecule has 0 amide bonds. The first-order valence-electron chi connectivity index (χ1n) is 6.28. The first-order valence-corrected chi connectivity index (χ1v) is 6.28. The quantitative estimate of drug-likeness (QED) is 0.829. The topological polar surface area (TPSA) is 53.1 Å². The van der Waals surface area contributed by atoms with Crippen LogP contribution in [0.1, 0.15) is 46.2 Å². The van der Waals surface area contributed by atoms with Crippen LogP contribution in [0.15, 0.2) is 6.20 Å². The summed E-state index contributed by atoms with van der Waals surface area (Å²) < 4.78 is 7.46. The van der Waals surface area contributed by atoms with Crippen molar-refractivity contribution < 1.29 is 4.74 Å². The third kappa shape index (κ3) is 3.22. The molecule has 4 nitrogen and oxygen atoms in total. The van der Waals surface area contributed by atoms with E-state index in [0.29, 0.717) is 0 Å². The zero-order valence-corrected chi connectivity index (χ0v) is 11.7. The van der Waals surface area contributed by atoms with Gasteiger partial charge in [-0.3, -0.25) is 4.68 Å². The molecule has 1 aromatic rings. The van der Waals surface area contributed by atoms with Gasteiger partial charge in [0.1, 0.15) is 0 Å². The first-order chi connectivity index (χ1) is 7.92. The van der Waals surface area contributed by atoms with E-state index in [1.807, 2.05) is 11.6 Å². The molecule has 98 valence electrons. The number of aromatic nitrogens is 2. The fourth-order valence-electron chi connectivity index (χ4n) is 2.48. The van der Waals surface area contributed by atoms with Gasteiger partial charge in [0.2, 0.25) is 0 Å². The molecule has 0 fully saturated rings. The number of hydrogen-bond acceptors (Lipinski definition) is 3. The van der Waals surface area contributed by atoms with E-state index in [0.717, 1.165) is 30.8 Å². The summed E-state index contributed by atoms with van der Waals surface area (Å²) in [4.78, 5) is 0. The molecule has 0 aliphatic carbocycles. The Balaban J connectivity index is 3.11. The maximum absolute atomic E-state index is 5.93. The van der Waals surface area contributed by atoms with Gasteiger partial charge in [0, 0.05) is 18.0 Å². The SMILES string of the molecule is CCCn1ncc(OC)c1C(C)(C)CC(C)N. The molecule has 17 heavy (non-hydrogen) atoms. The highest BCUT2D eigenvalue weighted by molar-refractivity contribution is 5.32. The summed E-state index contributed by atoms with van der Waals surface area (Å²) in [5, 5.41) is 4.40. The van der Waals surface area contributed by atoms with E-state index in [2.05, 4.69) is 25.9 Å². The predicted molar refractivity (Wildman–Crippen MR) is 70.4 cm³/mol. The number of hydrogen-bond donors (Lipinski definition) is 1. The normalized spacial score (nSPS) is 13.8. The second-order valence-electron chi connectivity index (χ2n) is 5.35. The summed E-state index contributed by atoms with van der Waals surface area (Å²) in [5.41, 5.74) is 7.06.